The summed E-state index contributed by atoms with van der Waals surface area (Å²) in [4.78, 5) is 5.73. The molecule has 1 atom stereocenters. The summed E-state index contributed by atoms with van der Waals surface area (Å²) in [6.45, 7) is 0. The third-order valence-electron chi connectivity index (χ3n) is 4.48. The van der Waals surface area contributed by atoms with E-state index in [4.69, 9.17) is 4.84 Å². The Balaban J connectivity index is 2.04. The molecule has 98 valence electrons. The third kappa shape index (κ3) is 1.25. The zero-order chi connectivity index (χ0) is 13.7. The van der Waals surface area contributed by atoms with Gasteiger partial charge in [-0.15, -0.1) is 0 Å². The normalized spacial score (nSPS) is 22.5. The van der Waals surface area contributed by atoms with E-state index in [0.29, 0.717) is 6.42 Å². The first-order chi connectivity index (χ1) is 9.77. The maximum Gasteiger partial charge on any atom is 0.168 e. The Morgan fingerprint density at radius 1 is 1.10 bits per heavy atom. The molecule has 1 heterocycles. The topological polar surface area (TPSA) is 36.3 Å². The van der Waals surface area contributed by atoms with Gasteiger partial charge in [0.15, 0.2) is 6.10 Å². The molecule has 2 aromatic rings. The van der Waals surface area contributed by atoms with Crippen molar-refractivity contribution in [2.24, 2.45) is 0 Å². The number of nitrogens with zero attached hydrogens (tertiary/aromatic N) is 2. The SMILES string of the molecule is CN1OC(C#N)CC12c1ccccc1-c1ccccc12. The van der Waals surface area contributed by atoms with Gasteiger partial charge < -0.3 is 0 Å². The van der Waals surface area contributed by atoms with Crippen LogP contribution in [0.25, 0.3) is 11.1 Å². The number of fused-ring (bicyclic) bond motifs is 5. The Bertz CT molecular complexity index is 686. The number of rotatable bonds is 0. The average Bonchev–Trinajstić information content (AvgIpc) is 2.98. The highest BCUT2D eigenvalue weighted by molar-refractivity contribution is 5.80. The molecule has 3 heteroatoms. The molecule has 3 nitrogen and oxygen atoms in total. The van der Waals surface area contributed by atoms with Crippen LogP contribution in [0.1, 0.15) is 17.5 Å². The highest BCUT2D eigenvalue weighted by Crippen LogP contribution is 2.55. The predicted molar refractivity (Wildman–Crippen MR) is 75.5 cm³/mol. The fourth-order valence-electron chi connectivity index (χ4n) is 3.65. The van der Waals surface area contributed by atoms with E-state index in [-0.39, 0.29) is 11.6 Å². The van der Waals surface area contributed by atoms with Crippen molar-refractivity contribution >= 4 is 0 Å². The number of nitriles is 1. The molecule has 0 radical (unpaired) electrons. The molecule has 1 unspecified atom stereocenters. The van der Waals surface area contributed by atoms with Gasteiger partial charge in [-0.2, -0.15) is 10.3 Å². The van der Waals surface area contributed by atoms with Crippen LogP contribution in [0.2, 0.25) is 0 Å². The molecule has 1 spiro atoms. The van der Waals surface area contributed by atoms with E-state index in [1.165, 1.54) is 22.3 Å². The Morgan fingerprint density at radius 3 is 2.15 bits per heavy atom. The van der Waals surface area contributed by atoms with Gasteiger partial charge in [-0.3, -0.25) is 4.84 Å². The second kappa shape index (κ2) is 3.92. The number of benzene rings is 2. The van der Waals surface area contributed by atoms with E-state index in [0.717, 1.165) is 0 Å². The molecule has 4 rings (SSSR count). The number of hydroxylamine groups is 2. The third-order valence-corrected chi connectivity index (χ3v) is 4.48. The van der Waals surface area contributed by atoms with Crippen LogP contribution in [0.5, 0.6) is 0 Å². The summed E-state index contributed by atoms with van der Waals surface area (Å²) in [7, 11) is 1.93. The highest BCUT2D eigenvalue weighted by Gasteiger charge is 2.53. The summed E-state index contributed by atoms with van der Waals surface area (Å²) in [5.74, 6) is 0. The molecular weight excluding hydrogens is 248 g/mol. The summed E-state index contributed by atoms with van der Waals surface area (Å²) in [6, 6.07) is 19.1. The Labute approximate surface area is 118 Å². The zero-order valence-corrected chi connectivity index (χ0v) is 11.2. The van der Waals surface area contributed by atoms with Crippen molar-refractivity contribution in [1.82, 2.24) is 5.06 Å². The lowest BCUT2D eigenvalue weighted by molar-refractivity contribution is -0.149. The van der Waals surface area contributed by atoms with Gasteiger partial charge in [-0.25, -0.2) is 0 Å². The number of hydrogen-bond donors (Lipinski definition) is 0. The summed E-state index contributed by atoms with van der Waals surface area (Å²) in [5.41, 5.74) is 4.64. The van der Waals surface area contributed by atoms with Gasteiger partial charge in [-0.05, 0) is 22.3 Å². The molecule has 0 aromatic heterocycles. The van der Waals surface area contributed by atoms with Crippen molar-refractivity contribution in [3.05, 3.63) is 59.7 Å². The summed E-state index contributed by atoms with van der Waals surface area (Å²) in [5, 5.41) is 11.1. The van der Waals surface area contributed by atoms with E-state index < -0.39 is 0 Å². The first kappa shape index (κ1) is 11.7. The summed E-state index contributed by atoms with van der Waals surface area (Å²) >= 11 is 0. The lowest BCUT2D eigenvalue weighted by Gasteiger charge is -2.31. The fourth-order valence-corrected chi connectivity index (χ4v) is 3.65. The zero-order valence-electron chi connectivity index (χ0n) is 11.2. The summed E-state index contributed by atoms with van der Waals surface area (Å²) in [6.07, 6.45) is 0.285. The van der Waals surface area contributed by atoms with Crippen molar-refractivity contribution in [1.29, 1.82) is 5.26 Å². The molecule has 0 amide bonds. The second-order valence-electron chi connectivity index (χ2n) is 5.38. The lowest BCUT2D eigenvalue weighted by atomic mass is 9.83. The largest absolute Gasteiger partial charge is 0.279 e. The van der Waals surface area contributed by atoms with Crippen LogP contribution in [-0.4, -0.2) is 18.2 Å². The average molecular weight is 262 g/mol. The van der Waals surface area contributed by atoms with Gasteiger partial charge in [0.2, 0.25) is 0 Å². The van der Waals surface area contributed by atoms with E-state index in [1.54, 1.807) is 0 Å². The molecule has 0 N–H and O–H groups in total. The maximum absolute atomic E-state index is 9.22. The molecule has 1 aliphatic heterocycles. The molecular formula is C17H14N2O. The predicted octanol–water partition coefficient (Wildman–Crippen LogP) is 3.07. The van der Waals surface area contributed by atoms with E-state index in [9.17, 15) is 5.26 Å². The van der Waals surface area contributed by atoms with Crippen LogP contribution in [0.3, 0.4) is 0 Å². The van der Waals surface area contributed by atoms with Crippen molar-refractivity contribution in [3.63, 3.8) is 0 Å². The van der Waals surface area contributed by atoms with Crippen molar-refractivity contribution in [2.75, 3.05) is 7.05 Å². The van der Waals surface area contributed by atoms with Crippen LogP contribution in [0.15, 0.2) is 48.5 Å². The molecule has 1 aliphatic carbocycles. The molecule has 0 bridgehead atoms. The molecule has 2 aliphatic rings. The lowest BCUT2D eigenvalue weighted by Crippen LogP contribution is -2.37. The molecule has 1 saturated heterocycles. The van der Waals surface area contributed by atoms with Gasteiger partial charge in [0.1, 0.15) is 5.54 Å². The van der Waals surface area contributed by atoms with Crippen molar-refractivity contribution in [3.8, 4) is 17.2 Å². The van der Waals surface area contributed by atoms with E-state index in [2.05, 4.69) is 54.6 Å². The van der Waals surface area contributed by atoms with E-state index in [1.807, 2.05) is 12.1 Å². The molecule has 2 aromatic carbocycles. The molecule has 1 fully saturated rings. The summed E-state index contributed by atoms with van der Waals surface area (Å²) < 4.78 is 0. The Kier molecular flexibility index (Phi) is 2.29. The minimum absolute atomic E-state index is 0.326. The number of hydrogen-bond acceptors (Lipinski definition) is 3. The van der Waals surface area contributed by atoms with Gasteiger partial charge in [0.25, 0.3) is 0 Å². The smallest absolute Gasteiger partial charge is 0.168 e. The molecule has 0 saturated carbocycles. The minimum atomic E-state index is -0.390. The van der Waals surface area contributed by atoms with Crippen molar-refractivity contribution in [2.45, 2.75) is 18.1 Å². The van der Waals surface area contributed by atoms with Crippen molar-refractivity contribution < 1.29 is 4.84 Å². The van der Waals surface area contributed by atoms with Gasteiger partial charge in [0.05, 0.1) is 6.07 Å². The quantitative estimate of drug-likeness (QED) is 0.732. The van der Waals surface area contributed by atoms with Gasteiger partial charge in [-0.1, -0.05) is 48.5 Å². The van der Waals surface area contributed by atoms with Crippen LogP contribution in [-0.2, 0) is 10.4 Å². The van der Waals surface area contributed by atoms with E-state index >= 15 is 0 Å². The Hall–Kier alpha value is -2.15. The molecule has 20 heavy (non-hydrogen) atoms. The standard InChI is InChI=1S/C17H14N2O/c1-19-17(10-12(11-18)20-19)15-8-4-2-6-13(15)14-7-3-5-9-16(14)17/h2-9,12H,10H2,1H3. The fraction of sp³-hybridized carbons (Fsp3) is 0.235. The van der Waals surface area contributed by atoms with Crippen LogP contribution in [0.4, 0.5) is 0 Å². The maximum atomic E-state index is 9.22. The highest BCUT2D eigenvalue weighted by atomic mass is 16.7. The second-order valence-corrected chi connectivity index (χ2v) is 5.38. The Morgan fingerprint density at radius 2 is 1.65 bits per heavy atom. The first-order valence-corrected chi connectivity index (χ1v) is 6.77. The monoisotopic (exact) mass is 262 g/mol. The minimum Gasteiger partial charge on any atom is -0.279 e. The van der Waals surface area contributed by atoms with Crippen LogP contribution < -0.4 is 0 Å². The van der Waals surface area contributed by atoms with Gasteiger partial charge >= 0.3 is 0 Å². The van der Waals surface area contributed by atoms with Crippen LogP contribution >= 0.6 is 0 Å². The first-order valence-electron chi connectivity index (χ1n) is 6.77. The van der Waals surface area contributed by atoms with Crippen LogP contribution in [0, 0.1) is 11.3 Å². The van der Waals surface area contributed by atoms with Gasteiger partial charge in [0, 0.05) is 13.5 Å².